The summed E-state index contributed by atoms with van der Waals surface area (Å²) >= 11 is 0. The summed E-state index contributed by atoms with van der Waals surface area (Å²) in [6, 6.07) is 3.28. The fourth-order valence-corrected chi connectivity index (χ4v) is 1.53. The molecule has 0 radical (unpaired) electrons. The number of rotatable bonds is 3. The van der Waals surface area contributed by atoms with Gasteiger partial charge < -0.3 is 9.29 Å². The van der Waals surface area contributed by atoms with Gasteiger partial charge in [0.05, 0.1) is 11.9 Å². The van der Waals surface area contributed by atoms with Crippen molar-refractivity contribution in [2.24, 2.45) is 0 Å². The van der Waals surface area contributed by atoms with Crippen LogP contribution in [0.5, 0.6) is 5.88 Å². The van der Waals surface area contributed by atoms with E-state index in [9.17, 15) is 13.5 Å². The van der Waals surface area contributed by atoms with Crippen molar-refractivity contribution in [1.82, 2.24) is 4.98 Å². The van der Waals surface area contributed by atoms with Crippen LogP contribution in [0.1, 0.15) is 25.1 Å². The molecule has 0 saturated heterocycles. The molecule has 1 N–H and O–H groups in total. The molecule has 90 valence electrons. The first kappa shape index (κ1) is 12.9. The quantitative estimate of drug-likeness (QED) is 0.802. The molecule has 5 nitrogen and oxygen atoms in total. The molecule has 0 spiro atoms. The van der Waals surface area contributed by atoms with Crippen LogP contribution in [-0.4, -0.2) is 24.8 Å². The van der Waals surface area contributed by atoms with Crippen LogP contribution in [-0.2, 0) is 15.7 Å². The maximum absolute atomic E-state index is 11.0. The highest BCUT2D eigenvalue weighted by molar-refractivity contribution is 7.86. The molecule has 1 rings (SSSR count). The molecule has 1 aromatic rings. The highest BCUT2D eigenvalue weighted by Gasteiger charge is 2.20. The van der Waals surface area contributed by atoms with Gasteiger partial charge in [0.2, 0.25) is 5.88 Å². The average molecular weight is 245 g/mol. The van der Waals surface area contributed by atoms with Gasteiger partial charge in [-0.25, -0.2) is 4.98 Å². The highest BCUT2D eigenvalue weighted by Crippen LogP contribution is 2.23. The molecule has 0 atom stereocenters. The number of nitrogens with zero attached hydrogens (tertiary/aromatic N) is 1. The SMILES string of the molecule is Cc1ccc(C(C)(C)O)nc1OS(C)(=O)=O. The Labute approximate surface area is 95.2 Å². The van der Waals surface area contributed by atoms with Gasteiger partial charge in [-0.1, -0.05) is 6.07 Å². The molecule has 6 heteroatoms. The van der Waals surface area contributed by atoms with Crippen LogP contribution in [0.15, 0.2) is 12.1 Å². The first-order valence-electron chi connectivity index (χ1n) is 4.69. The Morgan fingerprint density at radius 2 is 1.94 bits per heavy atom. The van der Waals surface area contributed by atoms with Crippen molar-refractivity contribution in [2.75, 3.05) is 6.26 Å². The summed E-state index contributed by atoms with van der Waals surface area (Å²) in [6.45, 7) is 4.81. The molecule has 16 heavy (non-hydrogen) atoms. The monoisotopic (exact) mass is 245 g/mol. The Bertz CT molecular complexity index is 488. The first-order chi connectivity index (χ1) is 7.09. The summed E-state index contributed by atoms with van der Waals surface area (Å²) in [5, 5.41) is 9.74. The first-order valence-corrected chi connectivity index (χ1v) is 6.51. The van der Waals surface area contributed by atoms with E-state index in [0.29, 0.717) is 11.3 Å². The van der Waals surface area contributed by atoms with E-state index in [1.54, 1.807) is 32.9 Å². The van der Waals surface area contributed by atoms with E-state index in [-0.39, 0.29) is 5.88 Å². The Hall–Kier alpha value is -1.14. The number of aryl methyl sites for hydroxylation is 1. The molecule has 0 amide bonds. The van der Waals surface area contributed by atoms with Gasteiger partial charge in [0.15, 0.2) is 0 Å². The zero-order valence-corrected chi connectivity index (χ0v) is 10.5. The van der Waals surface area contributed by atoms with E-state index in [0.717, 1.165) is 6.26 Å². The fraction of sp³-hybridized carbons (Fsp3) is 0.500. The van der Waals surface area contributed by atoms with Crippen molar-refractivity contribution >= 4 is 10.1 Å². The fourth-order valence-electron chi connectivity index (χ4n) is 1.08. The van der Waals surface area contributed by atoms with E-state index >= 15 is 0 Å². The molecule has 0 aromatic carbocycles. The maximum atomic E-state index is 11.0. The molecule has 0 fully saturated rings. The van der Waals surface area contributed by atoms with Crippen LogP contribution in [0.25, 0.3) is 0 Å². The molecule has 1 heterocycles. The second-order valence-corrected chi connectivity index (χ2v) is 5.74. The van der Waals surface area contributed by atoms with E-state index in [4.69, 9.17) is 4.18 Å². The Morgan fingerprint density at radius 1 is 1.38 bits per heavy atom. The van der Waals surface area contributed by atoms with Crippen molar-refractivity contribution in [1.29, 1.82) is 0 Å². The minimum Gasteiger partial charge on any atom is -0.384 e. The Balaban J connectivity index is 3.20. The van der Waals surface area contributed by atoms with Gasteiger partial charge in [0.1, 0.15) is 5.60 Å². The molecule has 0 aliphatic rings. The average Bonchev–Trinajstić information content (AvgIpc) is 2.04. The van der Waals surface area contributed by atoms with E-state index in [1.807, 2.05) is 0 Å². The molecule has 0 aliphatic carbocycles. The predicted octanol–water partition coefficient (Wildman–Crippen LogP) is 0.956. The van der Waals surface area contributed by atoms with E-state index in [1.165, 1.54) is 0 Å². The van der Waals surface area contributed by atoms with Crippen molar-refractivity contribution in [3.63, 3.8) is 0 Å². The molecule has 0 bridgehead atoms. The number of pyridine rings is 1. The van der Waals surface area contributed by atoms with Crippen LogP contribution in [0.2, 0.25) is 0 Å². The standard InChI is InChI=1S/C10H15NO4S/c1-7-5-6-8(10(2,3)12)11-9(7)15-16(4,13)14/h5-6,12H,1-4H3. The predicted molar refractivity (Wildman–Crippen MR) is 59.7 cm³/mol. The number of aliphatic hydroxyl groups is 1. The van der Waals surface area contributed by atoms with Gasteiger partial charge in [-0.15, -0.1) is 0 Å². The maximum Gasteiger partial charge on any atom is 0.307 e. The lowest BCUT2D eigenvalue weighted by molar-refractivity contribution is 0.0734. The smallest absolute Gasteiger partial charge is 0.307 e. The summed E-state index contributed by atoms with van der Waals surface area (Å²) in [4.78, 5) is 3.98. The van der Waals surface area contributed by atoms with Crippen LogP contribution < -0.4 is 4.18 Å². The summed E-state index contributed by atoms with van der Waals surface area (Å²) in [5.41, 5.74) is -0.182. The van der Waals surface area contributed by atoms with Crippen molar-refractivity contribution in [2.45, 2.75) is 26.4 Å². The third-order valence-corrected chi connectivity index (χ3v) is 2.37. The van der Waals surface area contributed by atoms with Crippen molar-refractivity contribution in [3.8, 4) is 5.88 Å². The summed E-state index contributed by atoms with van der Waals surface area (Å²) in [5.74, 6) is 0.00197. The molecular formula is C10H15NO4S. The summed E-state index contributed by atoms with van der Waals surface area (Å²) in [6.07, 6.45) is 0.949. The normalized spacial score (nSPS) is 12.6. The van der Waals surface area contributed by atoms with Crippen LogP contribution in [0, 0.1) is 6.92 Å². The second-order valence-electron chi connectivity index (χ2n) is 4.17. The van der Waals surface area contributed by atoms with Gasteiger partial charge in [0, 0.05) is 5.56 Å². The zero-order chi connectivity index (χ0) is 12.6. The topological polar surface area (TPSA) is 76.5 Å². The molecular weight excluding hydrogens is 230 g/mol. The molecule has 0 unspecified atom stereocenters. The number of hydrogen-bond donors (Lipinski definition) is 1. The number of aromatic nitrogens is 1. The van der Waals surface area contributed by atoms with Gasteiger partial charge in [-0.3, -0.25) is 0 Å². The third-order valence-electron chi connectivity index (χ3n) is 1.91. The second kappa shape index (κ2) is 4.03. The van der Waals surface area contributed by atoms with Gasteiger partial charge in [-0.2, -0.15) is 8.42 Å². The van der Waals surface area contributed by atoms with E-state index in [2.05, 4.69) is 4.98 Å². The summed E-state index contributed by atoms with van der Waals surface area (Å²) < 4.78 is 26.7. The minimum absolute atomic E-state index is 0.00197. The summed E-state index contributed by atoms with van der Waals surface area (Å²) in [7, 11) is -3.61. The van der Waals surface area contributed by atoms with Gasteiger partial charge in [-0.05, 0) is 26.8 Å². The number of hydrogen-bond acceptors (Lipinski definition) is 5. The lowest BCUT2D eigenvalue weighted by Crippen LogP contribution is -2.18. The van der Waals surface area contributed by atoms with Gasteiger partial charge >= 0.3 is 10.1 Å². The Morgan fingerprint density at radius 3 is 2.38 bits per heavy atom. The lowest BCUT2D eigenvalue weighted by Gasteiger charge is -2.17. The molecule has 1 aromatic heterocycles. The van der Waals surface area contributed by atoms with E-state index < -0.39 is 15.7 Å². The largest absolute Gasteiger partial charge is 0.384 e. The highest BCUT2D eigenvalue weighted by atomic mass is 32.2. The molecule has 0 saturated carbocycles. The third kappa shape index (κ3) is 3.46. The van der Waals surface area contributed by atoms with Gasteiger partial charge in [0.25, 0.3) is 0 Å². The minimum atomic E-state index is -3.61. The van der Waals surface area contributed by atoms with Crippen molar-refractivity contribution < 1.29 is 17.7 Å². The molecule has 0 aliphatic heterocycles. The Kier molecular flexibility index (Phi) is 3.25. The van der Waals surface area contributed by atoms with Crippen LogP contribution in [0.3, 0.4) is 0 Å². The zero-order valence-electron chi connectivity index (χ0n) is 9.68. The lowest BCUT2D eigenvalue weighted by atomic mass is 10.0. The van der Waals surface area contributed by atoms with Crippen LogP contribution in [0.4, 0.5) is 0 Å². The van der Waals surface area contributed by atoms with Crippen molar-refractivity contribution in [3.05, 3.63) is 23.4 Å². The van der Waals surface area contributed by atoms with Crippen LogP contribution >= 0.6 is 0 Å².